The lowest BCUT2D eigenvalue weighted by Crippen LogP contribution is -2.36. The monoisotopic (exact) mass is 234 g/mol. The molecule has 1 aliphatic rings. The summed E-state index contributed by atoms with van der Waals surface area (Å²) in [5, 5.41) is 19.2. The predicted octanol–water partition coefficient (Wildman–Crippen LogP) is 2.24. The van der Waals surface area contributed by atoms with E-state index in [9.17, 15) is 5.11 Å². The molecule has 1 aliphatic heterocycles. The van der Waals surface area contributed by atoms with Crippen LogP contribution in [0.4, 0.5) is 5.69 Å². The van der Waals surface area contributed by atoms with Crippen LogP contribution in [-0.2, 0) is 0 Å². The second-order valence-corrected chi connectivity index (χ2v) is 4.22. The Bertz CT molecular complexity index is 516. The molecule has 1 unspecified atom stereocenters. The van der Waals surface area contributed by atoms with Gasteiger partial charge in [-0.15, -0.1) is 0 Å². The zero-order valence-electron chi connectivity index (χ0n) is 9.03. The Morgan fingerprint density at radius 2 is 2.19 bits per heavy atom. The molecule has 3 nitrogen and oxygen atoms in total. The molecule has 0 spiro atoms. The Morgan fingerprint density at radius 3 is 2.81 bits per heavy atom. The zero-order chi connectivity index (χ0) is 11.9. The van der Waals surface area contributed by atoms with Gasteiger partial charge in [0.15, 0.2) is 6.23 Å². The maximum absolute atomic E-state index is 9.89. The number of anilines is 1. The van der Waals surface area contributed by atoms with Crippen molar-refractivity contribution >= 4 is 22.3 Å². The van der Waals surface area contributed by atoms with Crippen LogP contribution in [0.5, 0.6) is 0 Å². The van der Waals surface area contributed by atoms with Crippen LogP contribution in [0.2, 0.25) is 0 Å². The van der Waals surface area contributed by atoms with E-state index in [4.69, 9.17) is 16.9 Å². The fourth-order valence-electron chi connectivity index (χ4n) is 1.82. The largest absolute Gasteiger partial charge is 0.369 e. The average molecular weight is 235 g/mol. The summed E-state index contributed by atoms with van der Waals surface area (Å²) in [7, 11) is 1.74. The Morgan fingerprint density at radius 1 is 1.50 bits per heavy atom. The van der Waals surface area contributed by atoms with Crippen LogP contribution in [0, 0.1) is 18.3 Å². The minimum atomic E-state index is -0.965. The summed E-state index contributed by atoms with van der Waals surface area (Å²) >= 11 is 6.12. The minimum Gasteiger partial charge on any atom is -0.369 e. The van der Waals surface area contributed by atoms with Gasteiger partial charge in [-0.2, -0.15) is 5.26 Å². The highest BCUT2D eigenvalue weighted by Crippen LogP contribution is 2.38. The molecule has 1 atom stereocenters. The zero-order valence-corrected chi connectivity index (χ0v) is 9.78. The number of likely N-dealkylation sites (N-methyl/N-ethyl adjacent to an activating group) is 1. The number of aliphatic hydroxyl groups excluding tert-OH is 1. The molecule has 0 aromatic heterocycles. The topological polar surface area (TPSA) is 47.3 Å². The molecule has 0 radical (unpaired) electrons. The molecule has 0 saturated carbocycles. The molecule has 0 aliphatic carbocycles. The summed E-state index contributed by atoms with van der Waals surface area (Å²) in [6, 6.07) is 7.71. The van der Waals surface area contributed by atoms with E-state index in [2.05, 4.69) is 0 Å². The van der Waals surface area contributed by atoms with Crippen molar-refractivity contribution in [2.45, 2.75) is 13.2 Å². The lowest BCUT2D eigenvalue weighted by molar-refractivity contribution is 0.215. The van der Waals surface area contributed by atoms with Crippen LogP contribution in [-0.4, -0.2) is 18.4 Å². The van der Waals surface area contributed by atoms with Crippen molar-refractivity contribution in [3.05, 3.63) is 34.9 Å². The molecule has 0 bridgehead atoms. The Hall–Kier alpha value is -1.50. The normalized spacial score (nSPS) is 19.4. The molecular formula is C12H11ClN2O. The maximum Gasteiger partial charge on any atom is 0.164 e. The highest BCUT2D eigenvalue weighted by atomic mass is 35.5. The van der Waals surface area contributed by atoms with E-state index in [-0.39, 0.29) is 5.57 Å². The van der Waals surface area contributed by atoms with Gasteiger partial charge in [0.25, 0.3) is 0 Å². The number of halogens is 1. The molecule has 0 amide bonds. The Kier molecular flexibility index (Phi) is 2.63. The van der Waals surface area contributed by atoms with Crippen molar-refractivity contribution in [2.75, 3.05) is 11.9 Å². The maximum atomic E-state index is 9.89. The van der Waals surface area contributed by atoms with Gasteiger partial charge in [0.2, 0.25) is 0 Å². The van der Waals surface area contributed by atoms with E-state index in [1.54, 1.807) is 11.9 Å². The number of rotatable bonds is 0. The highest BCUT2D eigenvalue weighted by Gasteiger charge is 2.28. The molecule has 1 aromatic carbocycles. The smallest absolute Gasteiger partial charge is 0.164 e. The van der Waals surface area contributed by atoms with Crippen LogP contribution < -0.4 is 4.90 Å². The van der Waals surface area contributed by atoms with Crippen LogP contribution in [0.1, 0.15) is 11.1 Å². The first-order chi connectivity index (χ1) is 7.56. The number of hydrogen-bond acceptors (Lipinski definition) is 3. The standard InChI is InChI=1S/C12H11ClN2O/c1-7-3-4-10-8(5-7)11(13)9(6-14)12(16)15(10)2/h3-5,12,16H,1-2H3. The molecule has 4 heteroatoms. The van der Waals surface area contributed by atoms with Crippen molar-refractivity contribution in [3.8, 4) is 6.07 Å². The van der Waals surface area contributed by atoms with Gasteiger partial charge in [0.05, 0.1) is 10.6 Å². The molecular weight excluding hydrogens is 224 g/mol. The molecule has 1 aromatic rings. The summed E-state index contributed by atoms with van der Waals surface area (Å²) < 4.78 is 0. The van der Waals surface area contributed by atoms with Crippen LogP contribution >= 0.6 is 11.6 Å². The molecule has 0 saturated heterocycles. The molecule has 1 heterocycles. The van der Waals surface area contributed by atoms with Gasteiger partial charge in [-0.1, -0.05) is 23.2 Å². The van der Waals surface area contributed by atoms with Gasteiger partial charge < -0.3 is 10.0 Å². The fraction of sp³-hybridized carbons (Fsp3) is 0.250. The fourth-order valence-corrected chi connectivity index (χ4v) is 2.12. The molecule has 2 rings (SSSR count). The third-order valence-corrected chi connectivity index (χ3v) is 3.16. The van der Waals surface area contributed by atoms with Gasteiger partial charge >= 0.3 is 0 Å². The summed E-state index contributed by atoms with van der Waals surface area (Å²) in [4.78, 5) is 1.64. The number of aryl methyl sites for hydroxylation is 1. The second-order valence-electron chi connectivity index (χ2n) is 3.84. The second kappa shape index (κ2) is 3.82. The summed E-state index contributed by atoms with van der Waals surface area (Å²) in [5.74, 6) is 0. The van der Waals surface area contributed by atoms with Crippen molar-refractivity contribution in [2.24, 2.45) is 0 Å². The van der Waals surface area contributed by atoms with Crippen LogP contribution in [0.15, 0.2) is 23.8 Å². The third kappa shape index (κ3) is 1.47. The predicted molar refractivity (Wildman–Crippen MR) is 64.0 cm³/mol. The number of aliphatic hydroxyl groups is 1. The van der Waals surface area contributed by atoms with Gasteiger partial charge in [0, 0.05) is 18.3 Å². The minimum absolute atomic E-state index is 0.197. The van der Waals surface area contributed by atoms with Crippen molar-refractivity contribution < 1.29 is 5.11 Å². The highest BCUT2D eigenvalue weighted by molar-refractivity contribution is 6.50. The number of nitriles is 1. The number of benzene rings is 1. The quantitative estimate of drug-likeness (QED) is 0.749. The molecule has 16 heavy (non-hydrogen) atoms. The van der Waals surface area contributed by atoms with E-state index < -0.39 is 6.23 Å². The lowest BCUT2D eigenvalue weighted by atomic mass is 10.00. The Balaban J connectivity index is 2.71. The number of nitrogens with zero attached hydrogens (tertiary/aromatic N) is 2. The van der Waals surface area contributed by atoms with Gasteiger partial charge in [-0.25, -0.2) is 0 Å². The van der Waals surface area contributed by atoms with Gasteiger partial charge in [-0.05, 0) is 19.1 Å². The van der Waals surface area contributed by atoms with Crippen LogP contribution in [0.25, 0.3) is 5.03 Å². The van der Waals surface area contributed by atoms with E-state index in [0.29, 0.717) is 5.03 Å². The van der Waals surface area contributed by atoms with Gasteiger partial charge in [-0.3, -0.25) is 0 Å². The summed E-state index contributed by atoms with van der Waals surface area (Å²) in [5.41, 5.74) is 2.90. The van der Waals surface area contributed by atoms with Crippen molar-refractivity contribution in [1.29, 1.82) is 5.26 Å². The first kappa shape index (κ1) is 11.0. The number of hydrogen-bond donors (Lipinski definition) is 1. The van der Waals surface area contributed by atoms with E-state index in [0.717, 1.165) is 16.8 Å². The lowest BCUT2D eigenvalue weighted by Gasteiger charge is -2.32. The average Bonchev–Trinajstić information content (AvgIpc) is 2.27. The third-order valence-electron chi connectivity index (χ3n) is 2.75. The first-order valence-electron chi connectivity index (χ1n) is 4.88. The van der Waals surface area contributed by atoms with Crippen LogP contribution in [0.3, 0.4) is 0 Å². The van der Waals surface area contributed by atoms with Gasteiger partial charge in [0.1, 0.15) is 6.07 Å². The van der Waals surface area contributed by atoms with E-state index in [1.807, 2.05) is 31.2 Å². The van der Waals surface area contributed by atoms with Crippen molar-refractivity contribution in [3.63, 3.8) is 0 Å². The molecule has 1 N–H and O–H groups in total. The Labute approximate surface area is 99.2 Å². The van der Waals surface area contributed by atoms with Crippen molar-refractivity contribution in [1.82, 2.24) is 0 Å². The van der Waals surface area contributed by atoms with E-state index >= 15 is 0 Å². The van der Waals surface area contributed by atoms with E-state index in [1.165, 1.54) is 0 Å². The first-order valence-corrected chi connectivity index (χ1v) is 5.25. The molecule has 82 valence electrons. The SMILES string of the molecule is Cc1ccc2c(c1)C(Cl)=C(C#N)C(O)N2C. The number of fused-ring (bicyclic) bond motifs is 1. The molecule has 0 fully saturated rings. The summed E-state index contributed by atoms with van der Waals surface area (Å²) in [6.07, 6.45) is -0.965. The summed E-state index contributed by atoms with van der Waals surface area (Å²) in [6.45, 7) is 1.96.